The highest BCUT2D eigenvalue weighted by atomic mass is 35.5. The lowest BCUT2D eigenvalue weighted by molar-refractivity contribution is -0.146. The third-order valence-corrected chi connectivity index (χ3v) is 2.54. The van der Waals surface area contributed by atoms with Crippen LogP contribution in [-0.2, 0) is 14.4 Å². The molecule has 0 aliphatic heterocycles. The summed E-state index contributed by atoms with van der Waals surface area (Å²) in [6.45, 7) is 0.448. The molecule has 0 unspecified atom stereocenters. The number of nitrogens with one attached hydrogen (secondary N) is 1. The predicted octanol–water partition coefficient (Wildman–Crippen LogP) is 0.612. The Morgan fingerprint density at radius 1 is 1.32 bits per heavy atom. The van der Waals surface area contributed by atoms with Crippen molar-refractivity contribution in [3.8, 4) is 0 Å². The van der Waals surface area contributed by atoms with Crippen LogP contribution >= 0.6 is 11.6 Å². The highest BCUT2D eigenvalue weighted by Gasteiger charge is 2.20. The molecular formula is C12H14ClN3O3. The average Bonchev–Trinajstić information content (AvgIpc) is 2.42. The zero-order valence-corrected chi connectivity index (χ0v) is 10.9. The van der Waals surface area contributed by atoms with E-state index in [4.69, 9.17) is 17.3 Å². The van der Waals surface area contributed by atoms with E-state index in [0.717, 1.165) is 4.90 Å². The maximum absolute atomic E-state index is 11.7. The molecule has 0 spiro atoms. The molecule has 1 rings (SSSR count). The van der Waals surface area contributed by atoms with Gasteiger partial charge in [0.1, 0.15) is 0 Å². The predicted molar refractivity (Wildman–Crippen MR) is 71.5 cm³/mol. The second-order valence-corrected chi connectivity index (χ2v) is 4.14. The molecule has 0 aliphatic carbocycles. The minimum atomic E-state index is -0.918. The molecule has 0 heterocycles. The summed E-state index contributed by atoms with van der Waals surface area (Å²) in [4.78, 5) is 34.8. The molecule has 1 aromatic rings. The molecule has 3 N–H and O–H groups in total. The van der Waals surface area contributed by atoms with E-state index in [1.165, 1.54) is 0 Å². The average molecular weight is 284 g/mol. The van der Waals surface area contributed by atoms with Crippen molar-refractivity contribution in [2.24, 2.45) is 5.73 Å². The Balaban J connectivity index is 2.63. The first-order valence-electron chi connectivity index (χ1n) is 5.61. The maximum atomic E-state index is 11.7. The zero-order chi connectivity index (χ0) is 14.3. The first-order chi connectivity index (χ1) is 9.08. The van der Waals surface area contributed by atoms with Crippen molar-refractivity contribution in [1.29, 1.82) is 0 Å². The van der Waals surface area contributed by atoms with Crippen LogP contribution in [0.2, 0.25) is 5.02 Å². The Labute approximate surface area is 115 Å². The van der Waals surface area contributed by atoms with Gasteiger partial charge in [-0.05, 0) is 37.2 Å². The van der Waals surface area contributed by atoms with Crippen molar-refractivity contribution in [1.82, 2.24) is 4.90 Å². The number of amides is 3. The largest absolute Gasteiger partial charge is 0.330 e. The lowest BCUT2D eigenvalue weighted by atomic mass is 10.3. The fraction of sp³-hybridized carbons (Fsp3) is 0.250. The van der Waals surface area contributed by atoms with Gasteiger partial charge in [0.25, 0.3) is 0 Å². The molecule has 102 valence electrons. The second kappa shape index (κ2) is 7.50. The number of hydrogen-bond acceptors (Lipinski definition) is 4. The second-order valence-electron chi connectivity index (χ2n) is 3.71. The molecule has 3 amide bonds. The molecule has 0 bridgehead atoms. The normalized spacial score (nSPS) is 9.79. The van der Waals surface area contributed by atoms with Crippen molar-refractivity contribution in [2.45, 2.75) is 6.42 Å². The molecule has 0 radical (unpaired) electrons. The summed E-state index contributed by atoms with van der Waals surface area (Å²) in [5.41, 5.74) is 5.70. The van der Waals surface area contributed by atoms with Gasteiger partial charge in [-0.15, -0.1) is 0 Å². The van der Waals surface area contributed by atoms with Crippen LogP contribution in [-0.4, -0.2) is 36.2 Å². The first kappa shape index (κ1) is 15.1. The maximum Gasteiger partial charge on any atom is 0.318 e. The lowest BCUT2D eigenvalue weighted by Gasteiger charge is -2.14. The fourth-order valence-electron chi connectivity index (χ4n) is 1.31. The lowest BCUT2D eigenvalue weighted by Crippen LogP contribution is -2.39. The number of anilines is 1. The van der Waals surface area contributed by atoms with E-state index in [2.05, 4.69) is 5.32 Å². The molecule has 0 fully saturated rings. The fourth-order valence-corrected chi connectivity index (χ4v) is 1.44. The van der Waals surface area contributed by atoms with Gasteiger partial charge in [0.2, 0.25) is 6.41 Å². The van der Waals surface area contributed by atoms with Gasteiger partial charge in [0.05, 0.1) is 0 Å². The summed E-state index contributed by atoms with van der Waals surface area (Å²) in [5.74, 6) is -1.80. The Morgan fingerprint density at radius 2 is 1.95 bits per heavy atom. The van der Waals surface area contributed by atoms with E-state index in [1.807, 2.05) is 0 Å². The molecule has 7 heteroatoms. The van der Waals surface area contributed by atoms with Gasteiger partial charge in [-0.3, -0.25) is 19.3 Å². The zero-order valence-electron chi connectivity index (χ0n) is 10.1. The van der Waals surface area contributed by atoms with Crippen LogP contribution in [0, 0.1) is 0 Å². The van der Waals surface area contributed by atoms with Gasteiger partial charge in [0.15, 0.2) is 0 Å². The van der Waals surface area contributed by atoms with Crippen LogP contribution in [0.3, 0.4) is 0 Å². The van der Waals surface area contributed by atoms with Gasteiger partial charge in [-0.25, -0.2) is 0 Å². The summed E-state index contributed by atoms with van der Waals surface area (Å²) in [7, 11) is 0. The molecule has 19 heavy (non-hydrogen) atoms. The summed E-state index contributed by atoms with van der Waals surface area (Å²) >= 11 is 5.69. The van der Waals surface area contributed by atoms with Crippen molar-refractivity contribution in [3.63, 3.8) is 0 Å². The molecule has 0 saturated carbocycles. The molecule has 0 atom stereocenters. The summed E-state index contributed by atoms with van der Waals surface area (Å²) in [5, 5.41) is 2.90. The number of imide groups is 1. The SMILES string of the molecule is NCCCN(C=O)C(=O)C(=O)Nc1ccc(Cl)cc1. The number of nitrogens with two attached hydrogens (primary N) is 1. The van der Waals surface area contributed by atoms with Gasteiger partial charge in [-0.2, -0.15) is 0 Å². The van der Waals surface area contributed by atoms with Crippen LogP contribution in [0.15, 0.2) is 24.3 Å². The number of benzene rings is 1. The topological polar surface area (TPSA) is 92.5 Å². The van der Waals surface area contributed by atoms with E-state index in [0.29, 0.717) is 30.1 Å². The van der Waals surface area contributed by atoms with E-state index < -0.39 is 11.8 Å². The molecule has 6 nitrogen and oxygen atoms in total. The van der Waals surface area contributed by atoms with Crippen LogP contribution in [0.25, 0.3) is 0 Å². The Morgan fingerprint density at radius 3 is 2.47 bits per heavy atom. The van der Waals surface area contributed by atoms with Crippen molar-refractivity contribution >= 4 is 35.5 Å². The first-order valence-corrected chi connectivity index (χ1v) is 5.99. The van der Waals surface area contributed by atoms with Crippen molar-refractivity contribution < 1.29 is 14.4 Å². The number of hydrogen-bond donors (Lipinski definition) is 2. The van der Waals surface area contributed by atoms with Crippen molar-refractivity contribution in [2.75, 3.05) is 18.4 Å². The van der Waals surface area contributed by atoms with Crippen molar-refractivity contribution in [3.05, 3.63) is 29.3 Å². The number of halogens is 1. The summed E-state index contributed by atoms with van der Waals surface area (Å²) in [6, 6.07) is 6.26. The van der Waals surface area contributed by atoms with Gasteiger partial charge >= 0.3 is 11.8 Å². The molecule has 0 saturated heterocycles. The Bertz CT molecular complexity index is 462. The minimum absolute atomic E-state index is 0.118. The minimum Gasteiger partial charge on any atom is -0.330 e. The number of carbonyl (C=O) groups excluding carboxylic acids is 3. The van der Waals surface area contributed by atoms with Gasteiger partial charge in [-0.1, -0.05) is 11.6 Å². The number of nitrogens with zero attached hydrogens (tertiary/aromatic N) is 1. The monoisotopic (exact) mass is 283 g/mol. The van der Waals surface area contributed by atoms with Crippen LogP contribution in [0.1, 0.15) is 6.42 Å². The molecule has 0 aliphatic rings. The highest BCUT2D eigenvalue weighted by Crippen LogP contribution is 2.13. The Hall–Kier alpha value is -1.92. The third kappa shape index (κ3) is 4.69. The molecular weight excluding hydrogens is 270 g/mol. The van der Waals surface area contributed by atoms with Crippen LogP contribution in [0.4, 0.5) is 5.69 Å². The third-order valence-electron chi connectivity index (χ3n) is 2.29. The quantitative estimate of drug-likeness (QED) is 0.612. The Kier molecular flexibility index (Phi) is 5.98. The van der Waals surface area contributed by atoms with Gasteiger partial charge in [0, 0.05) is 17.3 Å². The summed E-state index contributed by atoms with van der Waals surface area (Å²) in [6.07, 6.45) is 0.762. The van der Waals surface area contributed by atoms with E-state index >= 15 is 0 Å². The highest BCUT2D eigenvalue weighted by molar-refractivity contribution is 6.41. The number of carbonyl (C=O) groups is 3. The number of rotatable bonds is 5. The van der Waals surface area contributed by atoms with Gasteiger partial charge < -0.3 is 11.1 Å². The smallest absolute Gasteiger partial charge is 0.318 e. The molecule has 0 aromatic heterocycles. The standard InChI is InChI=1S/C12H14ClN3O3/c13-9-2-4-10(5-3-9)15-11(18)12(19)16(8-17)7-1-6-14/h2-5,8H,1,6-7,14H2,(H,15,18). The molecule has 1 aromatic carbocycles. The van der Waals surface area contributed by atoms with E-state index in [9.17, 15) is 14.4 Å². The summed E-state index contributed by atoms with van der Waals surface area (Å²) < 4.78 is 0. The van der Waals surface area contributed by atoms with Crippen LogP contribution < -0.4 is 11.1 Å². The van der Waals surface area contributed by atoms with E-state index in [1.54, 1.807) is 24.3 Å². The van der Waals surface area contributed by atoms with Crippen LogP contribution in [0.5, 0.6) is 0 Å². The van der Waals surface area contributed by atoms with E-state index in [-0.39, 0.29) is 6.54 Å².